The number of carbonyl (C=O) groups is 2. The predicted molar refractivity (Wildman–Crippen MR) is 114 cm³/mol. The van der Waals surface area contributed by atoms with Crippen LogP contribution in [0.15, 0.2) is 79.1 Å². The molecule has 0 unspecified atom stereocenters. The number of pyridine rings is 1. The van der Waals surface area contributed by atoms with Crippen LogP contribution in [0, 0.1) is 0 Å². The molecule has 0 spiro atoms. The van der Waals surface area contributed by atoms with Crippen molar-refractivity contribution >= 4 is 29.0 Å². The zero-order chi connectivity index (χ0) is 20.9. The lowest BCUT2D eigenvalue weighted by Gasteiger charge is -2.09. The molecule has 0 radical (unpaired) electrons. The van der Waals surface area contributed by atoms with Crippen LogP contribution < -0.4 is 21.1 Å². The van der Waals surface area contributed by atoms with Crippen molar-refractivity contribution in [3.63, 3.8) is 0 Å². The van der Waals surface area contributed by atoms with Gasteiger partial charge in [-0.3, -0.25) is 4.79 Å². The minimum absolute atomic E-state index is 0.274. The molecule has 0 aliphatic heterocycles. The zero-order valence-corrected chi connectivity index (χ0v) is 15.9. The van der Waals surface area contributed by atoms with E-state index >= 15 is 0 Å². The minimum atomic E-state index is -0.646. The Bertz CT molecular complexity index is 1170. The number of carbonyl (C=O) groups excluding carboxylic acids is 2. The normalized spacial score (nSPS) is 10.5. The molecule has 2 heterocycles. The number of anilines is 2. The monoisotopic (exact) mass is 401 g/mol. The Labute approximate surface area is 172 Å². The summed E-state index contributed by atoms with van der Waals surface area (Å²) >= 11 is 0. The molecule has 0 bridgehead atoms. The average molecular weight is 401 g/mol. The van der Waals surface area contributed by atoms with Crippen molar-refractivity contribution in [2.45, 2.75) is 6.61 Å². The minimum Gasteiger partial charge on any atom is -0.487 e. The van der Waals surface area contributed by atoms with Gasteiger partial charge in [-0.15, -0.1) is 0 Å². The highest BCUT2D eigenvalue weighted by molar-refractivity contribution is 6.04. The first-order chi connectivity index (χ1) is 14.6. The second-order valence-corrected chi connectivity index (χ2v) is 6.54. The first-order valence-corrected chi connectivity index (χ1v) is 9.20. The lowest BCUT2D eigenvalue weighted by atomic mass is 10.2. The lowest BCUT2D eigenvalue weighted by Crippen LogP contribution is -2.19. The van der Waals surface area contributed by atoms with E-state index in [-0.39, 0.29) is 5.91 Å². The van der Waals surface area contributed by atoms with Gasteiger partial charge in [0.2, 0.25) is 0 Å². The second-order valence-electron chi connectivity index (χ2n) is 6.54. The van der Waals surface area contributed by atoms with Crippen LogP contribution in [-0.2, 0) is 6.61 Å². The van der Waals surface area contributed by atoms with Gasteiger partial charge in [0, 0.05) is 29.3 Å². The fourth-order valence-electron chi connectivity index (χ4n) is 2.92. The average Bonchev–Trinajstić information content (AvgIpc) is 3.16. The van der Waals surface area contributed by atoms with Crippen LogP contribution in [0.5, 0.6) is 5.75 Å². The fourth-order valence-corrected chi connectivity index (χ4v) is 2.92. The predicted octanol–water partition coefficient (Wildman–Crippen LogP) is 3.66. The summed E-state index contributed by atoms with van der Waals surface area (Å²) < 4.78 is 7.73. The van der Waals surface area contributed by atoms with Crippen LogP contribution in [0.1, 0.15) is 16.1 Å². The summed E-state index contributed by atoms with van der Waals surface area (Å²) in [6.07, 6.45) is 3.83. The topological polar surface area (TPSA) is 111 Å². The van der Waals surface area contributed by atoms with E-state index in [2.05, 4.69) is 15.6 Å². The van der Waals surface area contributed by atoms with E-state index in [1.54, 1.807) is 48.5 Å². The van der Waals surface area contributed by atoms with E-state index in [4.69, 9.17) is 10.5 Å². The number of hydrogen-bond donors (Lipinski definition) is 3. The molecule has 3 amide bonds. The molecule has 0 saturated carbocycles. The van der Waals surface area contributed by atoms with Crippen molar-refractivity contribution in [2.75, 3.05) is 10.6 Å². The Balaban J connectivity index is 1.39. The number of hydrogen-bond acceptors (Lipinski definition) is 4. The third kappa shape index (κ3) is 4.56. The maximum atomic E-state index is 12.5. The molecule has 0 aliphatic rings. The maximum Gasteiger partial charge on any atom is 0.316 e. The van der Waals surface area contributed by atoms with Crippen LogP contribution in [0.25, 0.3) is 5.65 Å². The molecule has 4 rings (SSSR count). The number of nitrogens with one attached hydrogen (secondary N) is 2. The molecule has 0 saturated heterocycles. The fraction of sp³-hybridized carbons (Fsp3) is 0.0455. The first-order valence-electron chi connectivity index (χ1n) is 9.20. The summed E-state index contributed by atoms with van der Waals surface area (Å²) in [5, 5.41) is 5.27. The van der Waals surface area contributed by atoms with Gasteiger partial charge in [0.15, 0.2) is 0 Å². The summed E-state index contributed by atoms with van der Waals surface area (Å²) in [6, 6.07) is 18.7. The second kappa shape index (κ2) is 8.36. The van der Waals surface area contributed by atoms with Gasteiger partial charge in [0.05, 0.1) is 5.69 Å². The number of benzene rings is 2. The number of nitrogens with zero attached hydrogens (tertiary/aromatic N) is 2. The molecule has 2 aromatic heterocycles. The van der Waals surface area contributed by atoms with E-state index in [0.29, 0.717) is 29.3 Å². The van der Waals surface area contributed by atoms with Gasteiger partial charge in [-0.05, 0) is 54.6 Å². The van der Waals surface area contributed by atoms with Gasteiger partial charge in [-0.2, -0.15) is 0 Å². The highest BCUT2D eigenvalue weighted by atomic mass is 16.5. The van der Waals surface area contributed by atoms with Crippen molar-refractivity contribution in [2.24, 2.45) is 5.73 Å². The Morgan fingerprint density at radius 1 is 0.967 bits per heavy atom. The standard InChI is InChI=1S/C22H19N5O3/c23-22(29)26-17-9-7-16(8-10-17)25-21(28)15-4-3-5-19(12-15)30-14-18-13-27-11-2-1-6-20(27)24-18/h1-13H,14H2,(H,25,28)(H3,23,26,29). The maximum absolute atomic E-state index is 12.5. The third-order valence-corrected chi connectivity index (χ3v) is 4.31. The van der Waals surface area contributed by atoms with E-state index in [1.165, 1.54) is 0 Å². The molecule has 150 valence electrons. The molecular formula is C22H19N5O3. The van der Waals surface area contributed by atoms with Gasteiger partial charge < -0.3 is 25.5 Å². The number of imidazole rings is 1. The van der Waals surface area contributed by atoms with E-state index < -0.39 is 6.03 Å². The highest BCUT2D eigenvalue weighted by Crippen LogP contribution is 2.18. The van der Waals surface area contributed by atoms with E-state index in [0.717, 1.165) is 11.3 Å². The number of ether oxygens (including phenoxy) is 1. The Morgan fingerprint density at radius 3 is 2.47 bits per heavy atom. The van der Waals surface area contributed by atoms with Crippen LogP contribution in [0.3, 0.4) is 0 Å². The summed E-state index contributed by atoms with van der Waals surface area (Å²) in [7, 11) is 0. The zero-order valence-electron chi connectivity index (χ0n) is 15.9. The highest BCUT2D eigenvalue weighted by Gasteiger charge is 2.09. The number of aromatic nitrogens is 2. The van der Waals surface area contributed by atoms with Crippen molar-refractivity contribution in [1.29, 1.82) is 0 Å². The molecular weight excluding hydrogens is 382 g/mol. The summed E-state index contributed by atoms with van der Waals surface area (Å²) in [5.74, 6) is 0.296. The van der Waals surface area contributed by atoms with Gasteiger partial charge in [-0.1, -0.05) is 12.1 Å². The van der Waals surface area contributed by atoms with Crippen LogP contribution in [0.4, 0.5) is 16.2 Å². The van der Waals surface area contributed by atoms with Crippen molar-refractivity contribution in [1.82, 2.24) is 9.38 Å². The third-order valence-electron chi connectivity index (χ3n) is 4.31. The molecule has 4 aromatic rings. The van der Waals surface area contributed by atoms with E-state index in [1.807, 2.05) is 35.0 Å². The molecule has 30 heavy (non-hydrogen) atoms. The van der Waals surface area contributed by atoms with Crippen molar-refractivity contribution in [3.8, 4) is 5.75 Å². The van der Waals surface area contributed by atoms with Crippen LogP contribution in [0.2, 0.25) is 0 Å². The summed E-state index contributed by atoms with van der Waals surface area (Å²) in [6.45, 7) is 0.293. The Morgan fingerprint density at radius 2 is 1.73 bits per heavy atom. The molecule has 8 heteroatoms. The van der Waals surface area contributed by atoms with Crippen LogP contribution >= 0.6 is 0 Å². The number of primary amides is 1. The van der Waals surface area contributed by atoms with Crippen molar-refractivity contribution in [3.05, 3.63) is 90.4 Å². The molecule has 0 fully saturated rings. The lowest BCUT2D eigenvalue weighted by molar-refractivity contribution is 0.102. The van der Waals surface area contributed by atoms with Crippen LogP contribution in [-0.4, -0.2) is 21.3 Å². The number of nitrogens with two attached hydrogens (primary N) is 1. The largest absolute Gasteiger partial charge is 0.487 e. The number of rotatable bonds is 6. The van der Waals surface area contributed by atoms with Gasteiger partial charge in [0.1, 0.15) is 18.0 Å². The quantitative estimate of drug-likeness (QED) is 0.458. The van der Waals surface area contributed by atoms with Gasteiger partial charge in [0.25, 0.3) is 5.91 Å². The van der Waals surface area contributed by atoms with Gasteiger partial charge >= 0.3 is 6.03 Å². The van der Waals surface area contributed by atoms with Crippen molar-refractivity contribution < 1.29 is 14.3 Å². The smallest absolute Gasteiger partial charge is 0.316 e. The molecule has 2 aromatic carbocycles. The van der Waals surface area contributed by atoms with E-state index in [9.17, 15) is 9.59 Å². The molecule has 8 nitrogen and oxygen atoms in total. The summed E-state index contributed by atoms with van der Waals surface area (Å²) in [4.78, 5) is 27.9. The first kappa shape index (κ1) is 19.0. The molecule has 0 atom stereocenters. The number of urea groups is 1. The molecule has 0 aliphatic carbocycles. The molecule has 4 N–H and O–H groups in total. The Hall–Kier alpha value is -4.33. The SMILES string of the molecule is NC(=O)Nc1ccc(NC(=O)c2cccc(OCc3cn4ccccc4n3)c2)cc1. The summed E-state index contributed by atoms with van der Waals surface area (Å²) in [5.41, 5.74) is 8.31. The number of amides is 3. The Kier molecular flexibility index (Phi) is 5.29. The number of fused-ring (bicyclic) bond motifs is 1. The van der Waals surface area contributed by atoms with Gasteiger partial charge in [-0.25, -0.2) is 9.78 Å².